The van der Waals surface area contributed by atoms with Gasteiger partial charge in [-0.15, -0.1) is 0 Å². The molecule has 0 aromatic carbocycles. The molecule has 0 aliphatic rings. The maximum absolute atomic E-state index is 4.65. The van der Waals surface area contributed by atoms with Crippen molar-refractivity contribution in [1.29, 1.82) is 0 Å². The summed E-state index contributed by atoms with van der Waals surface area (Å²) in [5.74, 6) is 0.521. The number of rotatable bonds is 4. The van der Waals surface area contributed by atoms with Gasteiger partial charge < -0.3 is 5.32 Å². The van der Waals surface area contributed by atoms with Crippen LogP contribution in [-0.4, -0.2) is 21.9 Å². The number of hydrogen-bond donors (Lipinski definition) is 1. The Balaban J connectivity index is 3.12. The molecule has 3 nitrogen and oxygen atoms in total. The minimum Gasteiger partial charge on any atom is -0.308 e. The van der Waals surface area contributed by atoms with Crippen molar-refractivity contribution < 1.29 is 0 Å². The van der Waals surface area contributed by atoms with E-state index >= 15 is 0 Å². The number of hydrogen-bond acceptors (Lipinski definition) is 2. The Morgan fingerprint density at radius 2 is 1.81 bits per heavy atom. The van der Waals surface area contributed by atoms with Gasteiger partial charge in [0.15, 0.2) is 0 Å². The maximum Gasteiger partial charge on any atom is 0.0750 e. The number of nitrogens with zero attached hydrogens (tertiary/aromatic N) is 2. The molecule has 0 amide bonds. The van der Waals surface area contributed by atoms with Gasteiger partial charge in [-0.25, -0.2) is 0 Å². The van der Waals surface area contributed by atoms with Gasteiger partial charge in [0.05, 0.1) is 5.69 Å². The Morgan fingerprint density at radius 1 is 1.24 bits per heavy atom. The molecular weight excluding hydrogens is 258 g/mol. The maximum atomic E-state index is 4.65. The summed E-state index contributed by atoms with van der Waals surface area (Å²) in [6.07, 6.45) is 4.44. The number of nitrogens with one attached hydrogen (secondary N) is 1. The second kappa shape index (κ2) is 6.35. The Hall–Kier alpha value is -1.09. The molecule has 120 valence electrons. The lowest BCUT2D eigenvalue weighted by Gasteiger charge is -2.23. The van der Waals surface area contributed by atoms with E-state index in [4.69, 9.17) is 0 Å². The van der Waals surface area contributed by atoms with Crippen LogP contribution in [0.15, 0.2) is 11.8 Å². The van der Waals surface area contributed by atoms with Gasteiger partial charge >= 0.3 is 0 Å². The van der Waals surface area contributed by atoms with Crippen LogP contribution in [0, 0.1) is 5.92 Å². The lowest BCUT2D eigenvalue weighted by molar-refractivity contribution is 0.437. The smallest absolute Gasteiger partial charge is 0.0750 e. The van der Waals surface area contributed by atoms with E-state index < -0.39 is 0 Å². The van der Waals surface area contributed by atoms with E-state index in [2.05, 4.69) is 78.1 Å². The van der Waals surface area contributed by atoms with E-state index in [-0.39, 0.29) is 11.0 Å². The predicted octanol–water partition coefficient (Wildman–Crippen LogP) is 4.15. The zero-order valence-electron chi connectivity index (χ0n) is 15.3. The van der Waals surface area contributed by atoms with Gasteiger partial charge in [0, 0.05) is 36.3 Å². The monoisotopic (exact) mass is 291 g/mol. The van der Waals surface area contributed by atoms with Gasteiger partial charge in [0.25, 0.3) is 0 Å². The molecule has 3 heteroatoms. The lowest BCUT2D eigenvalue weighted by Crippen LogP contribution is -2.37. The van der Waals surface area contributed by atoms with E-state index in [0.29, 0.717) is 5.92 Å². The summed E-state index contributed by atoms with van der Waals surface area (Å²) in [6, 6.07) is 0. The Kier molecular flexibility index (Phi) is 5.43. The van der Waals surface area contributed by atoms with E-state index in [1.807, 2.05) is 11.7 Å². The normalized spacial score (nSPS) is 14.1. The van der Waals surface area contributed by atoms with Crippen molar-refractivity contribution in [3.8, 4) is 0 Å². The van der Waals surface area contributed by atoms with E-state index in [9.17, 15) is 0 Å². The minimum absolute atomic E-state index is 0.0621. The van der Waals surface area contributed by atoms with Crippen LogP contribution < -0.4 is 5.32 Å². The van der Waals surface area contributed by atoms with Gasteiger partial charge in [0.1, 0.15) is 0 Å². The first-order valence-corrected chi connectivity index (χ1v) is 7.90. The van der Waals surface area contributed by atoms with Gasteiger partial charge in [-0.2, -0.15) is 5.10 Å². The van der Waals surface area contributed by atoms with Crippen LogP contribution in [0.5, 0.6) is 0 Å². The largest absolute Gasteiger partial charge is 0.308 e. The topological polar surface area (TPSA) is 29.9 Å². The van der Waals surface area contributed by atoms with Crippen LogP contribution in [0.2, 0.25) is 0 Å². The number of aryl methyl sites for hydroxylation is 1. The lowest BCUT2D eigenvalue weighted by atomic mass is 9.88. The standard InChI is InChI=1S/C18H33N3/c1-13(2)14(11-19-18(6,7)8)10-15-12-21(9)20-16(15)17(3,4)5/h10,12-13,19H,11H2,1-9H3. The fourth-order valence-electron chi connectivity index (χ4n) is 2.18. The van der Waals surface area contributed by atoms with Crippen molar-refractivity contribution in [2.24, 2.45) is 13.0 Å². The van der Waals surface area contributed by atoms with Crippen molar-refractivity contribution in [2.75, 3.05) is 6.54 Å². The van der Waals surface area contributed by atoms with Gasteiger partial charge in [-0.1, -0.05) is 46.3 Å². The Bertz CT molecular complexity index is 494. The minimum atomic E-state index is 0.0621. The van der Waals surface area contributed by atoms with Crippen molar-refractivity contribution in [1.82, 2.24) is 15.1 Å². The van der Waals surface area contributed by atoms with E-state index in [1.54, 1.807) is 0 Å². The third-order valence-electron chi connectivity index (χ3n) is 3.47. The Morgan fingerprint density at radius 3 is 2.24 bits per heavy atom. The first-order valence-electron chi connectivity index (χ1n) is 7.90. The molecule has 0 aliphatic carbocycles. The fourth-order valence-corrected chi connectivity index (χ4v) is 2.18. The zero-order chi connectivity index (χ0) is 16.4. The molecular formula is C18H33N3. The average Bonchev–Trinajstić information content (AvgIpc) is 2.63. The molecule has 1 aromatic rings. The van der Waals surface area contributed by atoms with Crippen LogP contribution >= 0.6 is 0 Å². The molecule has 1 N–H and O–H groups in total. The highest BCUT2D eigenvalue weighted by Crippen LogP contribution is 2.27. The second-order valence-electron chi connectivity index (χ2n) is 8.33. The summed E-state index contributed by atoms with van der Waals surface area (Å²) in [6.45, 7) is 18.7. The highest BCUT2D eigenvalue weighted by molar-refractivity contribution is 5.56. The van der Waals surface area contributed by atoms with E-state index in [0.717, 1.165) is 6.54 Å². The molecule has 1 rings (SSSR count). The average molecular weight is 291 g/mol. The zero-order valence-corrected chi connectivity index (χ0v) is 15.3. The molecule has 0 radical (unpaired) electrons. The highest BCUT2D eigenvalue weighted by Gasteiger charge is 2.21. The molecule has 0 atom stereocenters. The first kappa shape index (κ1) is 18.0. The SMILES string of the molecule is CC(C)C(=Cc1cn(C)nc1C(C)(C)C)CNC(C)(C)C. The summed E-state index contributed by atoms with van der Waals surface area (Å²) in [7, 11) is 2.00. The molecule has 1 heterocycles. The van der Waals surface area contributed by atoms with Crippen LogP contribution in [0.25, 0.3) is 6.08 Å². The summed E-state index contributed by atoms with van der Waals surface area (Å²) in [5, 5.41) is 8.25. The van der Waals surface area contributed by atoms with Crippen molar-refractivity contribution >= 4 is 6.08 Å². The molecule has 0 saturated heterocycles. The van der Waals surface area contributed by atoms with Crippen LogP contribution in [0.4, 0.5) is 0 Å². The van der Waals surface area contributed by atoms with Crippen LogP contribution in [-0.2, 0) is 12.5 Å². The van der Waals surface area contributed by atoms with Crippen LogP contribution in [0.1, 0.15) is 66.6 Å². The molecule has 0 spiro atoms. The summed E-state index contributed by atoms with van der Waals surface area (Å²) in [5.41, 5.74) is 4.02. The van der Waals surface area contributed by atoms with Crippen molar-refractivity contribution in [2.45, 2.75) is 66.3 Å². The summed E-state index contributed by atoms with van der Waals surface area (Å²) < 4.78 is 1.92. The van der Waals surface area contributed by atoms with E-state index in [1.165, 1.54) is 16.8 Å². The van der Waals surface area contributed by atoms with Crippen LogP contribution in [0.3, 0.4) is 0 Å². The first-order chi connectivity index (χ1) is 9.40. The van der Waals surface area contributed by atoms with Gasteiger partial charge in [0.2, 0.25) is 0 Å². The second-order valence-corrected chi connectivity index (χ2v) is 8.33. The van der Waals surface area contributed by atoms with Crippen molar-refractivity contribution in [3.05, 3.63) is 23.0 Å². The van der Waals surface area contributed by atoms with Crippen molar-refractivity contribution in [3.63, 3.8) is 0 Å². The third kappa shape index (κ3) is 5.66. The van der Waals surface area contributed by atoms with Gasteiger partial charge in [-0.3, -0.25) is 4.68 Å². The molecule has 0 fully saturated rings. The molecule has 0 aliphatic heterocycles. The number of aromatic nitrogens is 2. The molecule has 0 saturated carbocycles. The predicted molar refractivity (Wildman–Crippen MR) is 92.5 cm³/mol. The molecule has 1 aromatic heterocycles. The summed E-state index contributed by atoms with van der Waals surface area (Å²) >= 11 is 0. The quantitative estimate of drug-likeness (QED) is 0.903. The summed E-state index contributed by atoms with van der Waals surface area (Å²) in [4.78, 5) is 0. The Labute approximate surface area is 130 Å². The molecule has 21 heavy (non-hydrogen) atoms. The fraction of sp³-hybridized carbons (Fsp3) is 0.722. The highest BCUT2D eigenvalue weighted by atomic mass is 15.3. The molecule has 0 bridgehead atoms. The molecule has 0 unspecified atom stereocenters. The van der Waals surface area contributed by atoms with Gasteiger partial charge in [-0.05, 0) is 26.7 Å². The third-order valence-corrected chi connectivity index (χ3v) is 3.47.